The van der Waals surface area contributed by atoms with Crippen LogP contribution in [0.2, 0.25) is 10.0 Å². The van der Waals surface area contributed by atoms with E-state index in [9.17, 15) is 13.2 Å². The second-order valence-electron chi connectivity index (χ2n) is 6.42. The number of nitrogens with one attached hydrogen (secondary N) is 1. The summed E-state index contributed by atoms with van der Waals surface area (Å²) in [6.07, 6.45) is 3.75. The van der Waals surface area contributed by atoms with Gasteiger partial charge >= 0.3 is 0 Å². The molecule has 0 saturated carbocycles. The minimum atomic E-state index is -3.66. The van der Waals surface area contributed by atoms with E-state index in [1.54, 1.807) is 24.3 Å². The van der Waals surface area contributed by atoms with Crippen molar-refractivity contribution in [1.29, 1.82) is 0 Å². The number of benzene rings is 2. The van der Waals surface area contributed by atoms with Crippen molar-refractivity contribution in [3.63, 3.8) is 0 Å². The Morgan fingerprint density at radius 3 is 2.19 bits per heavy atom. The van der Waals surface area contributed by atoms with Crippen LogP contribution < -0.4 is 5.32 Å². The fourth-order valence-electron chi connectivity index (χ4n) is 3.00. The summed E-state index contributed by atoms with van der Waals surface area (Å²) >= 11 is 12.0. The molecule has 1 amide bonds. The van der Waals surface area contributed by atoms with Gasteiger partial charge in [0.05, 0.1) is 15.5 Å². The second-order valence-corrected chi connectivity index (χ2v) is 9.20. The molecule has 0 unspecified atom stereocenters. The van der Waals surface area contributed by atoms with Crippen LogP contribution in [0.3, 0.4) is 0 Å². The van der Waals surface area contributed by atoms with Crippen molar-refractivity contribution in [3.05, 3.63) is 58.1 Å². The van der Waals surface area contributed by atoms with Crippen LogP contribution in [0.1, 0.15) is 36.0 Å². The molecule has 1 aliphatic rings. The molecule has 0 atom stereocenters. The van der Waals surface area contributed by atoms with Crippen LogP contribution in [0.15, 0.2) is 47.4 Å². The molecule has 1 aliphatic heterocycles. The number of halogens is 2. The minimum Gasteiger partial charge on any atom is -0.322 e. The molecule has 0 radical (unpaired) electrons. The molecular weight excluding hydrogens is 407 g/mol. The quantitative estimate of drug-likeness (QED) is 0.762. The molecular formula is C19H20Cl2N2O3S. The molecule has 144 valence electrons. The van der Waals surface area contributed by atoms with Crippen LogP contribution in [0.4, 0.5) is 5.69 Å². The molecule has 2 aromatic rings. The van der Waals surface area contributed by atoms with E-state index in [4.69, 9.17) is 23.2 Å². The van der Waals surface area contributed by atoms with Gasteiger partial charge in [0.25, 0.3) is 5.91 Å². The van der Waals surface area contributed by atoms with E-state index in [0.717, 1.165) is 25.7 Å². The van der Waals surface area contributed by atoms with Crippen LogP contribution in [-0.2, 0) is 10.0 Å². The third kappa shape index (κ3) is 4.82. The summed E-state index contributed by atoms with van der Waals surface area (Å²) in [5, 5.41) is 3.45. The lowest BCUT2D eigenvalue weighted by Gasteiger charge is -2.20. The standard InChI is InChI=1S/C19H20Cl2N2O3S/c20-14-5-7-15(8-6-14)22-19(24)17-13-16(9-10-18(17)21)27(25,26)23-11-3-1-2-4-12-23/h5-10,13H,1-4,11-12H2,(H,22,24). The summed E-state index contributed by atoms with van der Waals surface area (Å²) in [7, 11) is -3.66. The summed E-state index contributed by atoms with van der Waals surface area (Å²) in [6, 6.07) is 10.9. The highest BCUT2D eigenvalue weighted by Crippen LogP contribution is 2.26. The minimum absolute atomic E-state index is 0.0788. The molecule has 0 bridgehead atoms. The van der Waals surface area contributed by atoms with E-state index in [1.807, 2.05) is 0 Å². The monoisotopic (exact) mass is 426 g/mol. The van der Waals surface area contributed by atoms with E-state index in [1.165, 1.54) is 22.5 Å². The summed E-state index contributed by atoms with van der Waals surface area (Å²) in [5.74, 6) is -0.477. The van der Waals surface area contributed by atoms with Gasteiger partial charge in [-0.05, 0) is 55.3 Å². The average Bonchev–Trinajstić information content (AvgIpc) is 2.94. The number of hydrogen-bond donors (Lipinski definition) is 1. The number of anilines is 1. The van der Waals surface area contributed by atoms with Gasteiger partial charge in [-0.1, -0.05) is 36.0 Å². The first-order valence-corrected chi connectivity index (χ1v) is 10.9. The third-order valence-electron chi connectivity index (χ3n) is 4.49. The number of carbonyl (C=O) groups excluding carboxylic acids is 1. The van der Waals surface area contributed by atoms with Crippen LogP contribution in [0.5, 0.6) is 0 Å². The average molecular weight is 427 g/mol. The van der Waals surface area contributed by atoms with Crippen molar-refractivity contribution in [2.75, 3.05) is 18.4 Å². The largest absolute Gasteiger partial charge is 0.322 e. The van der Waals surface area contributed by atoms with Gasteiger partial charge in [0.15, 0.2) is 0 Å². The lowest BCUT2D eigenvalue weighted by Crippen LogP contribution is -2.32. The second kappa shape index (κ2) is 8.61. The van der Waals surface area contributed by atoms with Crippen molar-refractivity contribution < 1.29 is 13.2 Å². The predicted molar refractivity (Wildman–Crippen MR) is 108 cm³/mol. The Hall–Kier alpha value is -1.60. The van der Waals surface area contributed by atoms with Crippen LogP contribution in [0, 0.1) is 0 Å². The molecule has 1 N–H and O–H groups in total. The molecule has 0 aliphatic carbocycles. The fourth-order valence-corrected chi connectivity index (χ4v) is 4.87. The first-order valence-electron chi connectivity index (χ1n) is 8.74. The lowest BCUT2D eigenvalue weighted by atomic mass is 10.2. The summed E-state index contributed by atoms with van der Waals surface area (Å²) in [6.45, 7) is 0.995. The van der Waals surface area contributed by atoms with E-state index < -0.39 is 15.9 Å². The van der Waals surface area contributed by atoms with Gasteiger partial charge in [0, 0.05) is 23.8 Å². The third-order valence-corrected chi connectivity index (χ3v) is 6.96. The predicted octanol–water partition coefficient (Wildman–Crippen LogP) is 4.81. The maximum Gasteiger partial charge on any atom is 0.257 e. The molecule has 1 fully saturated rings. The Labute approximate surface area is 169 Å². The Kier molecular flexibility index (Phi) is 6.42. The van der Waals surface area contributed by atoms with Gasteiger partial charge in [0.2, 0.25) is 10.0 Å². The number of amides is 1. The lowest BCUT2D eigenvalue weighted by molar-refractivity contribution is 0.102. The smallest absolute Gasteiger partial charge is 0.257 e. The van der Waals surface area contributed by atoms with E-state index in [-0.39, 0.29) is 15.5 Å². The highest BCUT2D eigenvalue weighted by atomic mass is 35.5. The Balaban J connectivity index is 1.86. The molecule has 8 heteroatoms. The molecule has 1 saturated heterocycles. The van der Waals surface area contributed by atoms with Gasteiger partial charge in [-0.25, -0.2) is 8.42 Å². The van der Waals surface area contributed by atoms with Crippen molar-refractivity contribution in [3.8, 4) is 0 Å². The van der Waals surface area contributed by atoms with Crippen molar-refractivity contribution in [1.82, 2.24) is 4.31 Å². The Morgan fingerprint density at radius 2 is 1.56 bits per heavy atom. The highest BCUT2D eigenvalue weighted by Gasteiger charge is 2.26. The number of sulfonamides is 1. The number of rotatable bonds is 4. The summed E-state index contributed by atoms with van der Waals surface area (Å²) in [4.78, 5) is 12.7. The number of nitrogens with zero attached hydrogens (tertiary/aromatic N) is 1. The molecule has 0 spiro atoms. The van der Waals surface area contributed by atoms with Crippen LogP contribution >= 0.6 is 23.2 Å². The highest BCUT2D eigenvalue weighted by molar-refractivity contribution is 7.89. The van der Waals surface area contributed by atoms with Crippen molar-refractivity contribution in [2.24, 2.45) is 0 Å². The summed E-state index contributed by atoms with van der Waals surface area (Å²) < 4.78 is 27.4. The van der Waals surface area contributed by atoms with Gasteiger partial charge < -0.3 is 5.32 Å². The maximum absolute atomic E-state index is 13.0. The van der Waals surface area contributed by atoms with Crippen LogP contribution in [-0.4, -0.2) is 31.7 Å². The molecule has 0 aromatic heterocycles. The van der Waals surface area contributed by atoms with Crippen LogP contribution in [0.25, 0.3) is 0 Å². The zero-order valence-corrected chi connectivity index (χ0v) is 16.9. The molecule has 5 nitrogen and oxygen atoms in total. The van der Waals surface area contributed by atoms with E-state index >= 15 is 0 Å². The number of carbonyl (C=O) groups is 1. The molecule has 2 aromatic carbocycles. The van der Waals surface area contributed by atoms with Gasteiger partial charge in [-0.15, -0.1) is 0 Å². The topological polar surface area (TPSA) is 66.5 Å². The first kappa shape index (κ1) is 20.1. The number of hydrogen-bond acceptors (Lipinski definition) is 3. The van der Waals surface area contributed by atoms with Gasteiger partial charge in [-0.2, -0.15) is 4.31 Å². The molecule has 27 heavy (non-hydrogen) atoms. The zero-order valence-electron chi connectivity index (χ0n) is 14.6. The van der Waals surface area contributed by atoms with Gasteiger partial charge in [-0.3, -0.25) is 4.79 Å². The van der Waals surface area contributed by atoms with Crippen molar-refractivity contribution >= 4 is 44.8 Å². The van der Waals surface area contributed by atoms with Gasteiger partial charge in [0.1, 0.15) is 0 Å². The van der Waals surface area contributed by atoms with E-state index in [2.05, 4.69) is 5.32 Å². The first-order chi connectivity index (χ1) is 12.9. The zero-order chi connectivity index (χ0) is 19.4. The molecule has 1 heterocycles. The fraction of sp³-hybridized carbons (Fsp3) is 0.316. The van der Waals surface area contributed by atoms with E-state index in [0.29, 0.717) is 23.8 Å². The summed E-state index contributed by atoms with van der Waals surface area (Å²) in [5.41, 5.74) is 0.656. The Bertz CT molecular complexity index is 922. The maximum atomic E-state index is 13.0. The van der Waals surface area contributed by atoms with Crippen molar-refractivity contribution in [2.45, 2.75) is 30.6 Å². The Morgan fingerprint density at radius 1 is 0.926 bits per heavy atom. The SMILES string of the molecule is O=C(Nc1ccc(Cl)cc1)c1cc(S(=O)(=O)N2CCCCCC2)ccc1Cl. The molecule has 3 rings (SSSR count). The normalized spacial score (nSPS) is 15.9.